The molecule has 0 amide bonds. The molecule has 1 N–H and O–H groups in total. The van der Waals surface area contributed by atoms with Crippen LogP contribution >= 0.6 is 0 Å². The lowest BCUT2D eigenvalue weighted by molar-refractivity contribution is 0.689. The first kappa shape index (κ1) is 20.9. The Hall–Kier alpha value is -3.94. The van der Waals surface area contributed by atoms with Gasteiger partial charge in [0.25, 0.3) is 0 Å². The number of tetrazole rings is 1. The van der Waals surface area contributed by atoms with E-state index in [-0.39, 0.29) is 0 Å². The molecule has 3 aromatic heterocycles. The number of rotatable bonds is 7. The third kappa shape index (κ3) is 3.88. The van der Waals surface area contributed by atoms with Gasteiger partial charge in [-0.05, 0) is 42.2 Å². The number of hydrogen-bond acceptors (Lipinski definition) is 6. The molecule has 8 nitrogen and oxygen atoms in total. The highest BCUT2D eigenvalue weighted by Crippen LogP contribution is 2.33. The fraction of sp³-hybridized carbons (Fsp3) is 0.280. The second-order valence-corrected chi connectivity index (χ2v) is 8.22. The molecule has 0 saturated heterocycles. The lowest BCUT2D eigenvalue weighted by atomic mass is 9.95. The van der Waals surface area contributed by atoms with Crippen LogP contribution < -0.4 is 0 Å². The summed E-state index contributed by atoms with van der Waals surface area (Å²) in [6.45, 7) is 6.88. The van der Waals surface area contributed by atoms with Crippen LogP contribution in [0.15, 0.2) is 48.5 Å². The summed E-state index contributed by atoms with van der Waals surface area (Å²) in [6, 6.07) is 16.6. The van der Waals surface area contributed by atoms with Gasteiger partial charge in [-0.1, -0.05) is 61.9 Å². The number of nitrogens with zero attached hydrogens (tertiary/aromatic N) is 7. The molecule has 0 fully saturated rings. The Balaban J connectivity index is 1.66. The second kappa shape index (κ2) is 8.90. The summed E-state index contributed by atoms with van der Waals surface area (Å²) in [4.78, 5) is 5.00. The number of aromatic nitrogens is 8. The number of H-pyrrole nitrogens is 1. The van der Waals surface area contributed by atoms with E-state index in [0.29, 0.717) is 12.4 Å². The van der Waals surface area contributed by atoms with E-state index >= 15 is 0 Å². The maximum Gasteiger partial charge on any atom is 0.205 e. The van der Waals surface area contributed by atoms with Crippen LogP contribution in [-0.4, -0.2) is 40.4 Å². The highest BCUT2D eigenvalue weighted by molar-refractivity contribution is 5.83. The Morgan fingerprint density at radius 1 is 0.848 bits per heavy atom. The van der Waals surface area contributed by atoms with Gasteiger partial charge in [0.05, 0.1) is 23.4 Å². The molecule has 2 aromatic carbocycles. The average Bonchev–Trinajstić information content (AvgIpc) is 3.50. The maximum atomic E-state index is 5.00. The number of nitrogens with one attached hydrogen (secondary N) is 1. The SMILES string of the molecule is CCCCc1nc2c(C)nnc(C)c2n1Cc1ccccc1-c1ccccc1-c1nn[nH]n1. The van der Waals surface area contributed by atoms with Crippen molar-refractivity contribution < 1.29 is 0 Å². The van der Waals surface area contributed by atoms with E-state index in [0.717, 1.165) is 64.2 Å². The number of fused-ring (bicyclic) bond motifs is 1. The molecule has 0 bridgehead atoms. The van der Waals surface area contributed by atoms with Gasteiger partial charge in [0.1, 0.15) is 11.3 Å². The molecule has 0 aliphatic rings. The lowest BCUT2D eigenvalue weighted by Crippen LogP contribution is -2.08. The average molecular weight is 439 g/mol. The zero-order valence-corrected chi connectivity index (χ0v) is 19.1. The van der Waals surface area contributed by atoms with Gasteiger partial charge in [0.2, 0.25) is 5.82 Å². The molecule has 0 aliphatic heterocycles. The van der Waals surface area contributed by atoms with E-state index in [4.69, 9.17) is 4.98 Å². The Kier molecular flexibility index (Phi) is 5.64. The summed E-state index contributed by atoms with van der Waals surface area (Å²) < 4.78 is 2.32. The van der Waals surface area contributed by atoms with Crippen LogP contribution in [0, 0.1) is 13.8 Å². The molecule has 33 heavy (non-hydrogen) atoms. The molecule has 0 atom stereocenters. The zero-order valence-electron chi connectivity index (χ0n) is 19.1. The summed E-state index contributed by atoms with van der Waals surface area (Å²) in [5.74, 6) is 1.66. The number of aromatic amines is 1. The Morgan fingerprint density at radius 2 is 1.58 bits per heavy atom. The number of unbranched alkanes of at least 4 members (excludes halogenated alkanes) is 1. The van der Waals surface area contributed by atoms with Crippen molar-refractivity contribution in [1.29, 1.82) is 0 Å². The summed E-state index contributed by atoms with van der Waals surface area (Å²) in [7, 11) is 0. The first-order chi connectivity index (χ1) is 16.2. The van der Waals surface area contributed by atoms with Gasteiger partial charge in [-0.15, -0.1) is 10.2 Å². The smallest absolute Gasteiger partial charge is 0.205 e. The van der Waals surface area contributed by atoms with Gasteiger partial charge < -0.3 is 4.57 Å². The van der Waals surface area contributed by atoms with Crippen molar-refractivity contribution in [1.82, 2.24) is 40.4 Å². The first-order valence-electron chi connectivity index (χ1n) is 11.3. The van der Waals surface area contributed by atoms with E-state index in [1.807, 2.05) is 32.0 Å². The fourth-order valence-electron chi connectivity index (χ4n) is 4.34. The molecular weight excluding hydrogens is 412 g/mol. The van der Waals surface area contributed by atoms with Crippen molar-refractivity contribution in [2.24, 2.45) is 0 Å². The zero-order chi connectivity index (χ0) is 22.8. The van der Waals surface area contributed by atoms with Gasteiger partial charge in [-0.2, -0.15) is 15.4 Å². The van der Waals surface area contributed by atoms with Crippen LogP contribution in [0.1, 0.15) is 42.5 Å². The van der Waals surface area contributed by atoms with E-state index in [1.165, 1.54) is 5.56 Å². The van der Waals surface area contributed by atoms with Crippen molar-refractivity contribution in [2.45, 2.75) is 46.6 Å². The van der Waals surface area contributed by atoms with Crippen LogP contribution in [-0.2, 0) is 13.0 Å². The third-order valence-corrected chi connectivity index (χ3v) is 5.99. The second-order valence-electron chi connectivity index (χ2n) is 8.22. The molecule has 0 saturated carbocycles. The molecule has 0 radical (unpaired) electrons. The molecule has 3 heterocycles. The summed E-state index contributed by atoms with van der Waals surface area (Å²) in [6.07, 6.45) is 3.13. The molecule has 5 rings (SSSR count). The molecular formula is C25H26N8. The third-order valence-electron chi connectivity index (χ3n) is 5.99. The highest BCUT2D eigenvalue weighted by atomic mass is 15.5. The minimum absolute atomic E-state index is 0.582. The van der Waals surface area contributed by atoms with Gasteiger partial charge >= 0.3 is 0 Å². The normalized spacial score (nSPS) is 11.4. The quantitative estimate of drug-likeness (QED) is 0.396. The fourth-order valence-corrected chi connectivity index (χ4v) is 4.34. The molecule has 0 unspecified atom stereocenters. The highest BCUT2D eigenvalue weighted by Gasteiger charge is 2.19. The van der Waals surface area contributed by atoms with Crippen LogP contribution in [0.25, 0.3) is 33.5 Å². The van der Waals surface area contributed by atoms with Gasteiger partial charge in [-0.3, -0.25) is 0 Å². The predicted molar refractivity (Wildman–Crippen MR) is 128 cm³/mol. The van der Waals surface area contributed by atoms with Crippen LogP contribution in [0.3, 0.4) is 0 Å². The van der Waals surface area contributed by atoms with E-state index in [1.54, 1.807) is 0 Å². The summed E-state index contributed by atoms with van der Waals surface area (Å²) >= 11 is 0. The maximum absolute atomic E-state index is 5.00. The van der Waals surface area contributed by atoms with Crippen LogP contribution in [0.2, 0.25) is 0 Å². The molecule has 5 aromatic rings. The minimum atomic E-state index is 0.582. The lowest BCUT2D eigenvalue weighted by Gasteiger charge is -2.15. The largest absolute Gasteiger partial charge is 0.322 e. The molecule has 0 spiro atoms. The van der Waals surface area contributed by atoms with Gasteiger partial charge in [-0.25, -0.2) is 4.98 Å². The number of hydrogen-bond donors (Lipinski definition) is 1. The van der Waals surface area contributed by atoms with Crippen molar-refractivity contribution in [3.05, 3.63) is 71.3 Å². The monoisotopic (exact) mass is 438 g/mol. The predicted octanol–water partition coefficient (Wildman–Crippen LogP) is 4.68. The number of imidazole rings is 1. The first-order valence-corrected chi connectivity index (χ1v) is 11.3. The van der Waals surface area contributed by atoms with Gasteiger partial charge in [0.15, 0.2) is 0 Å². The number of aryl methyl sites for hydroxylation is 3. The molecule has 8 heteroatoms. The van der Waals surface area contributed by atoms with E-state index in [2.05, 4.69) is 72.6 Å². The minimum Gasteiger partial charge on any atom is -0.322 e. The van der Waals surface area contributed by atoms with Crippen molar-refractivity contribution in [3.63, 3.8) is 0 Å². The Bertz CT molecular complexity index is 1400. The van der Waals surface area contributed by atoms with Crippen molar-refractivity contribution in [3.8, 4) is 22.5 Å². The molecule has 0 aliphatic carbocycles. The number of benzene rings is 2. The molecule has 166 valence electrons. The summed E-state index contributed by atoms with van der Waals surface area (Å²) in [5.41, 5.74) is 8.11. The van der Waals surface area contributed by atoms with E-state index < -0.39 is 0 Å². The van der Waals surface area contributed by atoms with Gasteiger partial charge in [0, 0.05) is 12.0 Å². The van der Waals surface area contributed by atoms with Crippen LogP contribution in [0.5, 0.6) is 0 Å². The topological polar surface area (TPSA) is 98.1 Å². The Labute approximate surface area is 192 Å². The van der Waals surface area contributed by atoms with Crippen LogP contribution in [0.4, 0.5) is 0 Å². The summed E-state index contributed by atoms with van der Waals surface area (Å²) in [5, 5.41) is 23.4. The van der Waals surface area contributed by atoms with Crippen molar-refractivity contribution in [2.75, 3.05) is 0 Å². The van der Waals surface area contributed by atoms with E-state index in [9.17, 15) is 0 Å². The standard InChI is InChI=1S/C25H26N8/c1-4-5-14-22-26-23-16(2)27-28-17(3)24(23)33(22)15-18-10-6-7-11-19(18)20-12-8-9-13-21(20)25-29-31-32-30-25/h6-13H,4-5,14-15H2,1-3H3,(H,29,30,31,32). The Morgan fingerprint density at radius 3 is 2.33 bits per heavy atom. The van der Waals surface area contributed by atoms with Crippen molar-refractivity contribution >= 4 is 11.0 Å².